The second-order valence-electron chi connectivity index (χ2n) is 3.05. The number of hydrogen-bond donors (Lipinski definition) is 3. The van der Waals surface area contributed by atoms with E-state index in [1.807, 2.05) is 6.92 Å². The van der Waals surface area contributed by atoms with Gasteiger partial charge in [-0.2, -0.15) is 0 Å². The summed E-state index contributed by atoms with van der Waals surface area (Å²) in [5, 5.41) is 15.3. The number of amides is 1. The van der Waals surface area contributed by atoms with Crippen LogP contribution in [0.25, 0.3) is 0 Å². The van der Waals surface area contributed by atoms with Crippen LogP contribution in [0.4, 0.5) is 0 Å². The van der Waals surface area contributed by atoms with E-state index in [-0.39, 0.29) is 5.91 Å². The van der Waals surface area contributed by atoms with Crippen LogP contribution >= 0.6 is 0 Å². The van der Waals surface area contributed by atoms with Crippen molar-refractivity contribution in [2.45, 2.75) is 13.2 Å². The molecule has 1 amide bonds. The number of piperazine rings is 1. The van der Waals surface area contributed by atoms with Crippen LogP contribution in [-0.2, 0) is 4.79 Å². The third kappa shape index (κ3) is 2.95. The van der Waals surface area contributed by atoms with Gasteiger partial charge < -0.3 is 15.7 Å². The number of carbonyl (C=O) groups is 1. The molecule has 0 radical (unpaired) electrons. The number of carbonyl (C=O) groups excluding carboxylic acids is 1. The highest BCUT2D eigenvalue weighted by molar-refractivity contribution is 5.79. The Balaban J connectivity index is 2.35. The number of aliphatic hydroxyl groups excluding tert-OH is 1. The van der Waals surface area contributed by atoms with E-state index in [1.54, 1.807) is 4.90 Å². The van der Waals surface area contributed by atoms with Crippen molar-refractivity contribution in [3.05, 3.63) is 0 Å². The quantitative estimate of drug-likeness (QED) is 0.495. The smallest absolute Gasteiger partial charge is 0.264 e. The molecule has 1 saturated heterocycles. The van der Waals surface area contributed by atoms with Crippen LogP contribution in [-0.4, -0.2) is 54.9 Å². The molecule has 3 N–H and O–H groups in total. The van der Waals surface area contributed by atoms with Crippen LogP contribution in [0.5, 0.6) is 0 Å². The standard InChI is InChI=1S/C8H17N3O2/c1-2-10-7(12)8(13)11-5-3-9-4-6-11/h8-9,13H,2-6H2,1H3,(H,10,12). The van der Waals surface area contributed by atoms with Crippen molar-refractivity contribution >= 4 is 5.91 Å². The Morgan fingerprint density at radius 2 is 2.23 bits per heavy atom. The summed E-state index contributed by atoms with van der Waals surface area (Å²) in [4.78, 5) is 13.0. The SMILES string of the molecule is CCNC(=O)C(O)N1CCNCC1. The molecular formula is C8H17N3O2. The Kier molecular flexibility index (Phi) is 4.14. The summed E-state index contributed by atoms with van der Waals surface area (Å²) < 4.78 is 0. The van der Waals surface area contributed by atoms with E-state index in [0.29, 0.717) is 6.54 Å². The lowest BCUT2D eigenvalue weighted by Gasteiger charge is -2.30. The maximum absolute atomic E-state index is 11.2. The molecule has 1 fully saturated rings. The third-order valence-corrected chi connectivity index (χ3v) is 2.08. The van der Waals surface area contributed by atoms with E-state index in [9.17, 15) is 9.90 Å². The minimum Gasteiger partial charge on any atom is -0.370 e. The lowest BCUT2D eigenvalue weighted by atomic mass is 10.3. The van der Waals surface area contributed by atoms with E-state index in [0.717, 1.165) is 26.2 Å². The first-order valence-corrected chi connectivity index (χ1v) is 4.66. The van der Waals surface area contributed by atoms with Gasteiger partial charge in [0.05, 0.1) is 0 Å². The summed E-state index contributed by atoms with van der Waals surface area (Å²) in [6, 6.07) is 0. The van der Waals surface area contributed by atoms with Crippen LogP contribution < -0.4 is 10.6 Å². The predicted octanol–water partition coefficient (Wildman–Crippen LogP) is -1.65. The maximum atomic E-state index is 11.2. The Bertz CT molecular complexity index is 169. The molecule has 76 valence electrons. The van der Waals surface area contributed by atoms with Crippen molar-refractivity contribution in [3.63, 3.8) is 0 Å². The summed E-state index contributed by atoms with van der Waals surface area (Å²) in [5.41, 5.74) is 0. The van der Waals surface area contributed by atoms with E-state index in [1.165, 1.54) is 0 Å². The number of hydrogen-bond acceptors (Lipinski definition) is 4. The largest absolute Gasteiger partial charge is 0.370 e. The maximum Gasteiger partial charge on any atom is 0.264 e. The molecule has 1 aliphatic heterocycles. The van der Waals surface area contributed by atoms with Gasteiger partial charge in [0.15, 0.2) is 6.23 Å². The molecule has 1 unspecified atom stereocenters. The molecule has 5 nitrogen and oxygen atoms in total. The normalized spacial score (nSPS) is 21.1. The molecule has 0 bridgehead atoms. The van der Waals surface area contributed by atoms with Crippen molar-refractivity contribution in [3.8, 4) is 0 Å². The van der Waals surface area contributed by atoms with Gasteiger partial charge in [-0.15, -0.1) is 0 Å². The second kappa shape index (κ2) is 5.16. The Labute approximate surface area is 78.1 Å². The zero-order valence-corrected chi connectivity index (χ0v) is 7.92. The summed E-state index contributed by atoms with van der Waals surface area (Å²) in [6.45, 7) is 5.49. The number of likely N-dealkylation sites (N-methyl/N-ethyl adjacent to an activating group) is 1. The number of aliphatic hydroxyl groups is 1. The van der Waals surface area contributed by atoms with Crippen molar-refractivity contribution in [2.24, 2.45) is 0 Å². The van der Waals surface area contributed by atoms with Gasteiger partial charge in [-0.3, -0.25) is 9.69 Å². The summed E-state index contributed by atoms with van der Waals surface area (Å²) >= 11 is 0. The highest BCUT2D eigenvalue weighted by atomic mass is 16.3. The third-order valence-electron chi connectivity index (χ3n) is 2.08. The van der Waals surface area contributed by atoms with E-state index >= 15 is 0 Å². The fraction of sp³-hybridized carbons (Fsp3) is 0.875. The minimum atomic E-state index is -0.984. The average Bonchev–Trinajstić information content (AvgIpc) is 2.18. The lowest BCUT2D eigenvalue weighted by Crippen LogP contribution is -2.53. The highest BCUT2D eigenvalue weighted by Gasteiger charge is 2.23. The van der Waals surface area contributed by atoms with Crippen molar-refractivity contribution < 1.29 is 9.90 Å². The Morgan fingerprint density at radius 1 is 1.62 bits per heavy atom. The first-order chi connectivity index (χ1) is 6.25. The summed E-state index contributed by atoms with van der Waals surface area (Å²) in [5.74, 6) is -0.301. The summed E-state index contributed by atoms with van der Waals surface area (Å²) in [6.07, 6.45) is -0.984. The molecule has 0 aromatic rings. The van der Waals surface area contributed by atoms with Crippen molar-refractivity contribution in [1.29, 1.82) is 0 Å². The first kappa shape index (κ1) is 10.4. The topological polar surface area (TPSA) is 64.6 Å². The molecule has 0 spiro atoms. The lowest BCUT2D eigenvalue weighted by molar-refractivity contribution is -0.139. The van der Waals surface area contributed by atoms with Gasteiger partial charge in [0.2, 0.25) is 0 Å². The molecule has 1 aliphatic rings. The van der Waals surface area contributed by atoms with Gasteiger partial charge >= 0.3 is 0 Å². The Morgan fingerprint density at radius 3 is 2.77 bits per heavy atom. The number of nitrogens with one attached hydrogen (secondary N) is 2. The van der Waals surface area contributed by atoms with Gasteiger partial charge in [0.1, 0.15) is 0 Å². The van der Waals surface area contributed by atoms with Crippen LogP contribution in [0.2, 0.25) is 0 Å². The molecule has 0 aromatic heterocycles. The van der Waals surface area contributed by atoms with Gasteiger partial charge in [-0.25, -0.2) is 0 Å². The number of rotatable bonds is 3. The molecule has 0 aliphatic carbocycles. The average molecular weight is 187 g/mol. The first-order valence-electron chi connectivity index (χ1n) is 4.66. The molecule has 13 heavy (non-hydrogen) atoms. The van der Waals surface area contributed by atoms with Gasteiger partial charge in [-0.05, 0) is 6.92 Å². The van der Waals surface area contributed by atoms with Crippen molar-refractivity contribution in [1.82, 2.24) is 15.5 Å². The van der Waals surface area contributed by atoms with Crippen molar-refractivity contribution in [2.75, 3.05) is 32.7 Å². The molecule has 1 heterocycles. The molecule has 1 atom stereocenters. The minimum absolute atomic E-state index is 0.301. The summed E-state index contributed by atoms with van der Waals surface area (Å²) in [7, 11) is 0. The fourth-order valence-electron chi connectivity index (χ4n) is 1.36. The monoisotopic (exact) mass is 187 g/mol. The van der Waals surface area contributed by atoms with E-state index in [2.05, 4.69) is 10.6 Å². The van der Waals surface area contributed by atoms with Crippen LogP contribution in [0.1, 0.15) is 6.92 Å². The van der Waals surface area contributed by atoms with Crippen LogP contribution in [0.15, 0.2) is 0 Å². The van der Waals surface area contributed by atoms with Gasteiger partial charge in [0.25, 0.3) is 5.91 Å². The molecule has 5 heteroatoms. The van der Waals surface area contributed by atoms with E-state index in [4.69, 9.17) is 0 Å². The molecule has 0 saturated carbocycles. The Hall–Kier alpha value is -0.650. The molecule has 1 rings (SSSR count). The fourth-order valence-corrected chi connectivity index (χ4v) is 1.36. The van der Waals surface area contributed by atoms with Crippen LogP contribution in [0, 0.1) is 0 Å². The second-order valence-corrected chi connectivity index (χ2v) is 3.05. The zero-order valence-electron chi connectivity index (χ0n) is 7.92. The highest BCUT2D eigenvalue weighted by Crippen LogP contribution is 1.98. The predicted molar refractivity (Wildman–Crippen MR) is 49.1 cm³/mol. The van der Waals surface area contributed by atoms with Gasteiger partial charge in [0, 0.05) is 32.7 Å². The van der Waals surface area contributed by atoms with Crippen LogP contribution in [0.3, 0.4) is 0 Å². The molecule has 0 aromatic carbocycles. The van der Waals surface area contributed by atoms with Gasteiger partial charge in [-0.1, -0.05) is 0 Å². The van der Waals surface area contributed by atoms with E-state index < -0.39 is 6.23 Å². The zero-order chi connectivity index (χ0) is 9.68. The number of nitrogens with zero attached hydrogens (tertiary/aromatic N) is 1. The molecular weight excluding hydrogens is 170 g/mol.